The van der Waals surface area contributed by atoms with Gasteiger partial charge in [-0.3, -0.25) is 28.8 Å². The highest BCUT2D eigenvalue weighted by atomic mass is 16.6. The molecule has 0 rings (SSSR count). The van der Waals surface area contributed by atoms with Crippen LogP contribution in [-0.2, 0) is 61.9 Å². The maximum absolute atomic E-state index is 12.8. The van der Waals surface area contributed by atoms with E-state index < -0.39 is 11.7 Å². The average Bonchev–Trinajstić information content (AvgIpc) is 3.22. The van der Waals surface area contributed by atoms with E-state index >= 15 is 0 Å². The molecule has 0 radical (unpaired) electrons. The van der Waals surface area contributed by atoms with Gasteiger partial charge in [0, 0.05) is 90.9 Å². The molecule has 21 heteroatoms. The van der Waals surface area contributed by atoms with Crippen molar-refractivity contribution in [2.24, 2.45) is 0 Å². The predicted octanol–water partition coefficient (Wildman–Crippen LogP) is 0.181. The zero-order valence-corrected chi connectivity index (χ0v) is 38.0. The summed E-state index contributed by atoms with van der Waals surface area (Å²) >= 11 is 0. The fourth-order valence-electron chi connectivity index (χ4n) is 4.68. The summed E-state index contributed by atoms with van der Waals surface area (Å²) in [5.74, 6) is -0.957. The van der Waals surface area contributed by atoms with Crippen LogP contribution < -0.4 is 31.9 Å². The van der Waals surface area contributed by atoms with Gasteiger partial charge >= 0.3 is 6.09 Å². The Morgan fingerprint density at radius 2 is 0.613 bits per heavy atom. The number of carbonyl (C=O) groups is 7. The van der Waals surface area contributed by atoms with Gasteiger partial charge in [0.25, 0.3) is 0 Å². The van der Waals surface area contributed by atoms with Gasteiger partial charge in [0.15, 0.2) is 0 Å². The van der Waals surface area contributed by atoms with Crippen molar-refractivity contribution in [3.8, 4) is 0 Å². The second-order valence-electron chi connectivity index (χ2n) is 14.7. The molecule has 21 nitrogen and oxygen atoms in total. The topological polar surface area (TPSA) is 260 Å². The predicted molar refractivity (Wildman–Crippen MR) is 229 cm³/mol. The lowest BCUT2D eigenvalue weighted by Gasteiger charge is -2.27. The van der Waals surface area contributed by atoms with Gasteiger partial charge < -0.3 is 70.0 Å². The maximum atomic E-state index is 12.8. The third-order valence-electron chi connectivity index (χ3n) is 7.92. The molecule has 0 heterocycles. The zero-order valence-electron chi connectivity index (χ0n) is 38.0. The molecule has 0 atom stereocenters. The smallest absolute Gasteiger partial charge is 0.410 e. The standard InChI is InChI=1S/C41H77N7O14/c1-6-14-42-34(49)8-22-56-28-16-44-36(51)10-24-58-30-18-46-38(53)12-26-60-32-20-48(40(55)62-41(3,4)5)21-33-61-27-13-39(54)47-19-31-59-25-11-37(52)45-17-29-57-23-9-35(50)43-15-7-2/h6-33H2,1-5H3,(H,42,49)(H,43,50)(H,44,51)(H,45,52)(H,46,53)(H,47,54). The molecule has 62 heavy (non-hydrogen) atoms. The van der Waals surface area contributed by atoms with E-state index in [1.54, 1.807) is 20.8 Å². The largest absolute Gasteiger partial charge is 0.444 e. The molecule has 0 aliphatic heterocycles. The van der Waals surface area contributed by atoms with Gasteiger partial charge in [-0.15, -0.1) is 0 Å². The number of hydrogen-bond donors (Lipinski definition) is 6. The number of nitrogens with zero attached hydrogens (tertiary/aromatic N) is 1. The van der Waals surface area contributed by atoms with E-state index in [0.717, 1.165) is 12.8 Å². The Morgan fingerprint density at radius 1 is 0.371 bits per heavy atom. The molecule has 0 aliphatic rings. The Bertz CT molecular complexity index is 1160. The maximum Gasteiger partial charge on any atom is 0.410 e. The van der Waals surface area contributed by atoms with E-state index in [1.165, 1.54) is 4.90 Å². The molecule has 0 unspecified atom stereocenters. The minimum absolute atomic E-state index is 0.0589. The summed E-state index contributed by atoms with van der Waals surface area (Å²) in [5, 5.41) is 16.4. The lowest BCUT2D eigenvalue weighted by atomic mass is 10.2. The van der Waals surface area contributed by atoms with E-state index in [0.29, 0.717) is 52.6 Å². The van der Waals surface area contributed by atoms with E-state index in [-0.39, 0.29) is 153 Å². The minimum atomic E-state index is -0.713. The Balaban J connectivity index is 4.00. The molecule has 360 valence electrons. The number of amides is 7. The molecule has 0 aromatic heterocycles. The fourth-order valence-corrected chi connectivity index (χ4v) is 4.68. The first-order chi connectivity index (χ1) is 29.8. The van der Waals surface area contributed by atoms with Crippen LogP contribution in [0.5, 0.6) is 0 Å². The zero-order chi connectivity index (χ0) is 46.1. The number of carbonyl (C=O) groups excluding carboxylic acids is 7. The normalized spacial score (nSPS) is 11.0. The lowest BCUT2D eigenvalue weighted by molar-refractivity contribution is -0.124. The van der Waals surface area contributed by atoms with E-state index in [1.807, 2.05) is 13.8 Å². The van der Waals surface area contributed by atoms with Gasteiger partial charge in [0.1, 0.15) is 5.60 Å². The quantitative estimate of drug-likeness (QED) is 0.0449. The van der Waals surface area contributed by atoms with Gasteiger partial charge in [-0.05, 0) is 33.6 Å². The summed E-state index contributed by atoms with van der Waals surface area (Å²) in [6.45, 7) is 14.8. The van der Waals surface area contributed by atoms with E-state index in [9.17, 15) is 33.6 Å². The fraction of sp³-hybridized carbons (Fsp3) is 0.829. The monoisotopic (exact) mass is 892 g/mol. The van der Waals surface area contributed by atoms with Crippen molar-refractivity contribution in [3.05, 3.63) is 0 Å². The second-order valence-corrected chi connectivity index (χ2v) is 14.7. The summed E-state index contributed by atoms with van der Waals surface area (Å²) < 4.78 is 38.2. The minimum Gasteiger partial charge on any atom is -0.444 e. The van der Waals surface area contributed by atoms with Crippen LogP contribution in [0.4, 0.5) is 4.79 Å². The van der Waals surface area contributed by atoms with Crippen molar-refractivity contribution in [1.29, 1.82) is 0 Å². The molecule has 0 bridgehead atoms. The number of nitrogens with one attached hydrogen (secondary N) is 6. The Hall–Kier alpha value is -4.15. The molecular weight excluding hydrogens is 814 g/mol. The summed E-state index contributed by atoms with van der Waals surface area (Å²) in [4.78, 5) is 85.4. The van der Waals surface area contributed by atoms with Gasteiger partial charge in [-0.25, -0.2) is 4.79 Å². The highest BCUT2D eigenvalue weighted by molar-refractivity contribution is 5.77. The molecule has 0 saturated heterocycles. The van der Waals surface area contributed by atoms with Gasteiger partial charge in [0.2, 0.25) is 35.4 Å². The number of hydrogen-bond acceptors (Lipinski definition) is 14. The molecule has 0 aromatic carbocycles. The number of ether oxygens (including phenoxy) is 7. The molecule has 7 amide bonds. The molecular formula is C41H77N7O14. The van der Waals surface area contributed by atoms with Gasteiger partial charge in [-0.2, -0.15) is 0 Å². The molecule has 6 N–H and O–H groups in total. The van der Waals surface area contributed by atoms with Crippen LogP contribution in [0, 0.1) is 0 Å². The SMILES string of the molecule is CCCNC(=O)CCOCCNC(=O)CCOCCNC(=O)CCOCCN(CCOCCC(=O)NCCOCCC(=O)NCCOCCC(=O)NCCC)C(=O)OC(C)(C)C. The first-order valence-electron chi connectivity index (χ1n) is 21.8. The summed E-state index contributed by atoms with van der Waals surface area (Å²) in [6.07, 6.45) is 2.30. The Morgan fingerprint density at radius 3 is 0.855 bits per heavy atom. The summed E-state index contributed by atoms with van der Waals surface area (Å²) in [7, 11) is 0. The van der Waals surface area contributed by atoms with Crippen molar-refractivity contribution in [3.63, 3.8) is 0 Å². The van der Waals surface area contributed by atoms with Crippen LogP contribution in [0.2, 0.25) is 0 Å². The Labute approximate surface area is 367 Å². The summed E-state index contributed by atoms with van der Waals surface area (Å²) in [6, 6.07) is 0. The first-order valence-corrected chi connectivity index (χ1v) is 21.8. The molecule has 0 aromatic rings. The highest BCUT2D eigenvalue weighted by Crippen LogP contribution is 2.10. The van der Waals surface area contributed by atoms with E-state index in [2.05, 4.69) is 31.9 Å². The third kappa shape index (κ3) is 40.0. The van der Waals surface area contributed by atoms with Crippen molar-refractivity contribution >= 4 is 41.5 Å². The summed E-state index contributed by atoms with van der Waals surface area (Å²) in [5.41, 5.74) is -0.713. The van der Waals surface area contributed by atoms with Crippen molar-refractivity contribution in [2.75, 3.05) is 132 Å². The van der Waals surface area contributed by atoms with Crippen LogP contribution in [-0.4, -0.2) is 184 Å². The van der Waals surface area contributed by atoms with E-state index in [4.69, 9.17) is 33.2 Å². The Kier molecular flexibility index (Phi) is 37.0. The third-order valence-corrected chi connectivity index (χ3v) is 7.92. The molecule has 0 aliphatic carbocycles. The lowest BCUT2D eigenvalue weighted by Crippen LogP contribution is -2.40. The van der Waals surface area contributed by atoms with Crippen LogP contribution in [0.25, 0.3) is 0 Å². The first kappa shape index (κ1) is 57.9. The van der Waals surface area contributed by atoms with Gasteiger partial charge in [0.05, 0.1) is 79.3 Å². The van der Waals surface area contributed by atoms with Crippen molar-refractivity contribution < 1.29 is 66.7 Å². The highest BCUT2D eigenvalue weighted by Gasteiger charge is 2.22. The van der Waals surface area contributed by atoms with Crippen LogP contribution in [0.1, 0.15) is 86.0 Å². The number of rotatable bonds is 40. The van der Waals surface area contributed by atoms with Crippen LogP contribution >= 0.6 is 0 Å². The van der Waals surface area contributed by atoms with Crippen molar-refractivity contribution in [2.45, 2.75) is 91.6 Å². The molecule has 0 fully saturated rings. The second kappa shape index (κ2) is 39.7. The van der Waals surface area contributed by atoms with Crippen molar-refractivity contribution in [1.82, 2.24) is 36.8 Å². The van der Waals surface area contributed by atoms with Crippen LogP contribution in [0.3, 0.4) is 0 Å². The molecule has 0 spiro atoms. The molecule has 0 saturated carbocycles. The van der Waals surface area contributed by atoms with Gasteiger partial charge in [-0.1, -0.05) is 13.8 Å². The van der Waals surface area contributed by atoms with Crippen LogP contribution in [0.15, 0.2) is 0 Å². The average molecular weight is 892 g/mol.